The van der Waals surface area contributed by atoms with Crippen LogP contribution in [0.5, 0.6) is 0 Å². The van der Waals surface area contributed by atoms with Crippen LogP contribution in [0, 0.1) is 11.8 Å². The van der Waals surface area contributed by atoms with E-state index in [1.165, 1.54) is 0 Å². The van der Waals surface area contributed by atoms with E-state index >= 15 is 0 Å². The van der Waals surface area contributed by atoms with Gasteiger partial charge in [0.15, 0.2) is 0 Å². The van der Waals surface area contributed by atoms with E-state index in [0.29, 0.717) is 24.5 Å². The lowest BCUT2D eigenvalue weighted by atomic mass is 10.1. The summed E-state index contributed by atoms with van der Waals surface area (Å²) < 4.78 is 0. The first kappa shape index (κ1) is 18.7. The number of hydrogen-bond acceptors (Lipinski definition) is 3. The van der Waals surface area contributed by atoms with Crippen LogP contribution in [-0.2, 0) is 16.0 Å². The molecule has 0 aliphatic heterocycles. The van der Waals surface area contributed by atoms with Crippen molar-refractivity contribution in [2.75, 3.05) is 33.7 Å². The third-order valence-electron chi connectivity index (χ3n) is 4.15. The fraction of sp³-hybridized carbons (Fsp3) is 0.556. The number of benzene rings is 1. The summed E-state index contributed by atoms with van der Waals surface area (Å²) in [6.45, 7) is 2.17. The van der Waals surface area contributed by atoms with Crippen molar-refractivity contribution in [1.82, 2.24) is 15.5 Å². The van der Waals surface area contributed by atoms with Crippen molar-refractivity contribution in [3.63, 3.8) is 0 Å². The maximum absolute atomic E-state index is 12.1. The summed E-state index contributed by atoms with van der Waals surface area (Å²) in [5.41, 5.74) is 1.09. The lowest BCUT2D eigenvalue weighted by Gasteiger charge is -2.10. The van der Waals surface area contributed by atoms with Gasteiger partial charge in [0.05, 0.1) is 11.8 Å². The van der Waals surface area contributed by atoms with Crippen LogP contribution in [0.25, 0.3) is 0 Å². The Morgan fingerprint density at radius 3 is 2.46 bits per heavy atom. The fourth-order valence-electron chi connectivity index (χ4n) is 2.67. The number of nitrogens with zero attached hydrogens (tertiary/aromatic N) is 1. The standard InChI is InChI=1S/C18H26ClN3O2/c1-22(2)10-4-8-20-17(23)15-12-16(15)18(24)21-9-7-13-5-3-6-14(19)11-13/h3,5-6,11,15-16H,4,7-10,12H2,1-2H3,(H,20,23)(H,21,24). The first-order valence-corrected chi connectivity index (χ1v) is 8.80. The molecule has 2 atom stereocenters. The van der Waals surface area contributed by atoms with Crippen molar-refractivity contribution in [2.24, 2.45) is 11.8 Å². The number of carbonyl (C=O) groups excluding carboxylic acids is 2. The van der Waals surface area contributed by atoms with Gasteiger partial charge in [-0.1, -0.05) is 23.7 Å². The number of rotatable bonds is 9. The highest BCUT2D eigenvalue weighted by atomic mass is 35.5. The molecule has 2 amide bonds. The average molecular weight is 352 g/mol. The Morgan fingerprint density at radius 1 is 1.17 bits per heavy atom. The normalized spacial score (nSPS) is 19.2. The Bertz CT molecular complexity index is 577. The molecule has 1 aromatic rings. The van der Waals surface area contributed by atoms with Crippen molar-refractivity contribution in [3.05, 3.63) is 34.9 Å². The molecule has 1 aliphatic rings. The SMILES string of the molecule is CN(C)CCCNC(=O)C1CC1C(=O)NCCc1cccc(Cl)c1. The van der Waals surface area contributed by atoms with E-state index in [9.17, 15) is 9.59 Å². The Balaban J connectivity index is 1.61. The van der Waals surface area contributed by atoms with Crippen LogP contribution in [0.3, 0.4) is 0 Å². The van der Waals surface area contributed by atoms with Gasteiger partial charge >= 0.3 is 0 Å². The predicted octanol–water partition coefficient (Wildman–Crippen LogP) is 1.70. The third kappa shape index (κ3) is 6.13. The summed E-state index contributed by atoms with van der Waals surface area (Å²) in [5, 5.41) is 6.52. The van der Waals surface area contributed by atoms with E-state index in [1.807, 2.05) is 38.4 Å². The highest BCUT2D eigenvalue weighted by Gasteiger charge is 2.47. The zero-order valence-corrected chi connectivity index (χ0v) is 15.1. The molecule has 132 valence electrons. The van der Waals surface area contributed by atoms with Crippen molar-refractivity contribution in [2.45, 2.75) is 19.3 Å². The number of hydrogen-bond donors (Lipinski definition) is 2. The summed E-state index contributed by atoms with van der Waals surface area (Å²) in [7, 11) is 4.01. The van der Waals surface area contributed by atoms with Crippen molar-refractivity contribution < 1.29 is 9.59 Å². The van der Waals surface area contributed by atoms with E-state index in [2.05, 4.69) is 15.5 Å². The van der Waals surface area contributed by atoms with Gasteiger partial charge in [0, 0.05) is 18.1 Å². The maximum atomic E-state index is 12.1. The Labute approximate surface area is 148 Å². The van der Waals surface area contributed by atoms with Gasteiger partial charge in [-0.3, -0.25) is 9.59 Å². The molecule has 2 rings (SSSR count). The summed E-state index contributed by atoms with van der Waals surface area (Å²) in [4.78, 5) is 26.1. The van der Waals surface area contributed by atoms with Crippen LogP contribution in [0.4, 0.5) is 0 Å². The number of carbonyl (C=O) groups is 2. The molecule has 1 saturated carbocycles. The summed E-state index contributed by atoms with van der Waals surface area (Å²) in [6, 6.07) is 7.61. The molecule has 0 spiro atoms. The lowest BCUT2D eigenvalue weighted by Crippen LogP contribution is -2.32. The zero-order chi connectivity index (χ0) is 17.5. The Hall–Kier alpha value is -1.59. The molecular weight excluding hydrogens is 326 g/mol. The van der Waals surface area contributed by atoms with Crippen molar-refractivity contribution >= 4 is 23.4 Å². The molecular formula is C18H26ClN3O2. The minimum Gasteiger partial charge on any atom is -0.356 e. The lowest BCUT2D eigenvalue weighted by molar-refractivity contribution is -0.127. The van der Waals surface area contributed by atoms with Gasteiger partial charge in [-0.15, -0.1) is 0 Å². The minimum atomic E-state index is -0.168. The van der Waals surface area contributed by atoms with E-state index in [4.69, 9.17) is 11.6 Å². The van der Waals surface area contributed by atoms with Gasteiger partial charge in [0.1, 0.15) is 0 Å². The molecule has 1 fully saturated rings. The molecule has 1 aromatic carbocycles. The van der Waals surface area contributed by atoms with Gasteiger partial charge in [-0.25, -0.2) is 0 Å². The molecule has 0 radical (unpaired) electrons. The van der Waals surface area contributed by atoms with Crippen molar-refractivity contribution in [3.8, 4) is 0 Å². The smallest absolute Gasteiger partial charge is 0.223 e. The van der Waals surface area contributed by atoms with E-state index < -0.39 is 0 Å². The zero-order valence-electron chi connectivity index (χ0n) is 14.3. The maximum Gasteiger partial charge on any atom is 0.223 e. The highest BCUT2D eigenvalue weighted by Crippen LogP contribution is 2.38. The summed E-state index contributed by atoms with van der Waals surface area (Å²) in [5.74, 6) is -0.344. The minimum absolute atomic E-state index is 0.00347. The monoisotopic (exact) mass is 351 g/mol. The molecule has 0 heterocycles. The molecule has 0 bridgehead atoms. The molecule has 2 N–H and O–H groups in total. The quantitative estimate of drug-likeness (QED) is 0.666. The summed E-state index contributed by atoms with van der Waals surface area (Å²) >= 11 is 5.94. The van der Waals surface area contributed by atoms with Gasteiger partial charge in [0.25, 0.3) is 0 Å². The van der Waals surface area contributed by atoms with E-state index in [1.54, 1.807) is 0 Å². The average Bonchev–Trinajstić information content (AvgIpc) is 3.32. The topological polar surface area (TPSA) is 61.4 Å². The number of halogens is 1. The molecule has 0 saturated heterocycles. The molecule has 24 heavy (non-hydrogen) atoms. The first-order valence-electron chi connectivity index (χ1n) is 8.42. The highest BCUT2D eigenvalue weighted by molar-refractivity contribution is 6.30. The van der Waals surface area contributed by atoms with Gasteiger partial charge in [-0.05, 0) is 57.6 Å². The van der Waals surface area contributed by atoms with Gasteiger partial charge in [-0.2, -0.15) is 0 Å². The van der Waals surface area contributed by atoms with E-state index in [-0.39, 0.29) is 23.7 Å². The van der Waals surface area contributed by atoms with Gasteiger partial charge < -0.3 is 15.5 Å². The van der Waals surface area contributed by atoms with Crippen LogP contribution in [0.2, 0.25) is 5.02 Å². The Kier molecular flexibility index (Phi) is 7.06. The molecule has 6 heteroatoms. The predicted molar refractivity (Wildman–Crippen MR) is 95.9 cm³/mol. The van der Waals surface area contributed by atoms with Crippen LogP contribution < -0.4 is 10.6 Å². The molecule has 2 unspecified atom stereocenters. The third-order valence-corrected chi connectivity index (χ3v) is 4.38. The molecule has 5 nitrogen and oxygen atoms in total. The number of amides is 2. The van der Waals surface area contributed by atoms with Crippen LogP contribution in [0.15, 0.2) is 24.3 Å². The fourth-order valence-corrected chi connectivity index (χ4v) is 2.88. The first-order chi connectivity index (χ1) is 11.5. The van der Waals surface area contributed by atoms with E-state index in [0.717, 1.165) is 24.9 Å². The second-order valence-corrected chi connectivity index (χ2v) is 7.00. The summed E-state index contributed by atoms with van der Waals surface area (Å²) in [6.07, 6.45) is 2.31. The van der Waals surface area contributed by atoms with Crippen molar-refractivity contribution in [1.29, 1.82) is 0 Å². The largest absolute Gasteiger partial charge is 0.356 e. The molecule has 0 aromatic heterocycles. The second kappa shape index (κ2) is 9.04. The Morgan fingerprint density at radius 2 is 1.83 bits per heavy atom. The van der Waals surface area contributed by atoms with Crippen LogP contribution in [0.1, 0.15) is 18.4 Å². The second-order valence-electron chi connectivity index (χ2n) is 6.57. The van der Waals surface area contributed by atoms with Crippen LogP contribution in [-0.4, -0.2) is 50.4 Å². The van der Waals surface area contributed by atoms with Crippen LogP contribution >= 0.6 is 11.6 Å². The van der Waals surface area contributed by atoms with Gasteiger partial charge in [0.2, 0.25) is 11.8 Å². The number of nitrogens with one attached hydrogen (secondary N) is 2. The molecule has 1 aliphatic carbocycles.